The highest BCUT2D eigenvalue weighted by Crippen LogP contribution is 2.37. The molecule has 0 heterocycles. The molecule has 39 heavy (non-hydrogen) atoms. The first-order valence-electron chi connectivity index (χ1n) is 11.9. The minimum atomic E-state index is -4.44. The summed E-state index contributed by atoms with van der Waals surface area (Å²) in [5, 5.41) is 9.42. The fourth-order valence-electron chi connectivity index (χ4n) is 4.08. The fourth-order valence-corrected chi connectivity index (χ4v) is 5.07. The largest absolute Gasteiger partial charge is 0.482 e. The van der Waals surface area contributed by atoms with Gasteiger partial charge in [0.25, 0.3) is 0 Å². The average Bonchev–Trinajstić information content (AvgIpc) is 2.91. The van der Waals surface area contributed by atoms with E-state index in [-0.39, 0.29) is 5.56 Å². The zero-order valence-electron chi connectivity index (χ0n) is 20.8. The van der Waals surface area contributed by atoms with E-state index in [9.17, 15) is 18.0 Å². The first-order chi connectivity index (χ1) is 18.6. The summed E-state index contributed by atoms with van der Waals surface area (Å²) in [6.45, 7) is 1.45. The maximum atomic E-state index is 13.5. The van der Waals surface area contributed by atoms with Gasteiger partial charge in [-0.05, 0) is 76.7 Å². The fraction of sp³-hybridized carbons (Fsp3) is 0.129. The number of carbonyl (C=O) groups is 1. The molecule has 1 N–H and O–H groups in total. The molecule has 0 aliphatic heterocycles. The summed E-state index contributed by atoms with van der Waals surface area (Å²) in [6.07, 6.45) is -2.38. The van der Waals surface area contributed by atoms with Crippen LogP contribution < -0.4 is 4.74 Å². The van der Waals surface area contributed by atoms with Crippen molar-refractivity contribution < 1.29 is 27.8 Å². The van der Waals surface area contributed by atoms with E-state index in [1.54, 1.807) is 48.2 Å². The van der Waals surface area contributed by atoms with E-state index in [0.717, 1.165) is 33.2 Å². The van der Waals surface area contributed by atoms with Crippen molar-refractivity contribution in [1.29, 1.82) is 0 Å². The molecule has 4 aromatic rings. The second-order valence-electron chi connectivity index (χ2n) is 8.67. The van der Waals surface area contributed by atoms with E-state index >= 15 is 0 Å². The van der Waals surface area contributed by atoms with Gasteiger partial charge in [0.2, 0.25) is 0 Å². The highest BCUT2D eigenvalue weighted by molar-refractivity contribution is 7.99. The number of aliphatic carboxylic acids is 1. The smallest absolute Gasteiger partial charge is 0.417 e. The Hall–Kier alpha value is -3.68. The normalized spacial score (nSPS) is 11.9. The molecule has 0 bridgehead atoms. The van der Waals surface area contributed by atoms with E-state index < -0.39 is 24.3 Å². The van der Waals surface area contributed by atoms with E-state index in [4.69, 9.17) is 21.4 Å². The number of benzene rings is 4. The van der Waals surface area contributed by atoms with Crippen LogP contribution in [0, 0.1) is 6.92 Å². The van der Waals surface area contributed by atoms with Crippen molar-refractivity contribution in [3.05, 3.63) is 124 Å². The molecular weight excluding hydrogens is 545 g/mol. The summed E-state index contributed by atoms with van der Waals surface area (Å²) in [5.74, 6) is 0.0995. The van der Waals surface area contributed by atoms with E-state index in [1.807, 2.05) is 43.3 Å². The number of thioether (sulfide) groups is 1. The maximum absolute atomic E-state index is 13.5. The Bertz CT molecular complexity index is 1480. The third kappa shape index (κ3) is 7.46. The monoisotopic (exact) mass is 568 g/mol. The minimum Gasteiger partial charge on any atom is -0.482 e. The number of carboxylic acids is 1. The van der Waals surface area contributed by atoms with Crippen LogP contribution >= 0.6 is 23.4 Å². The van der Waals surface area contributed by atoms with Crippen molar-refractivity contribution in [3.8, 4) is 16.9 Å². The molecule has 3 nitrogen and oxygen atoms in total. The lowest BCUT2D eigenvalue weighted by Gasteiger charge is -2.14. The molecule has 0 amide bonds. The Morgan fingerprint density at radius 2 is 1.59 bits per heavy atom. The molecule has 0 atom stereocenters. The quantitative estimate of drug-likeness (QED) is 0.205. The summed E-state index contributed by atoms with van der Waals surface area (Å²) >= 11 is 7.69. The second-order valence-corrected chi connectivity index (χ2v) is 10.2. The van der Waals surface area contributed by atoms with Crippen LogP contribution in [0.1, 0.15) is 22.3 Å². The summed E-state index contributed by atoms with van der Waals surface area (Å²) in [7, 11) is 0. The van der Waals surface area contributed by atoms with Gasteiger partial charge in [0, 0.05) is 15.7 Å². The van der Waals surface area contributed by atoms with Crippen LogP contribution in [0.5, 0.6) is 5.75 Å². The topological polar surface area (TPSA) is 46.5 Å². The molecule has 0 aromatic heterocycles. The number of alkyl halides is 3. The summed E-state index contributed by atoms with van der Waals surface area (Å²) < 4.78 is 45.9. The van der Waals surface area contributed by atoms with Crippen LogP contribution in [-0.2, 0) is 11.0 Å². The van der Waals surface area contributed by atoms with Gasteiger partial charge in [0.1, 0.15) is 5.75 Å². The van der Waals surface area contributed by atoms with Crippen LogP contribution in [0.3, 0.4) is 0 Å². The number of halogens is 4. The van der Waals surface area contributed by atoms with Gasteiger partial charge in [0.05, 0.1) is 5.56 Å². The van der Waals surface area contributed by atoms with Gasteiger partial charge in [-0.1, -0.05) is 72.3 Å². The molecule has 4 rings (SSSR count). The summed E-state index contributed by atoms with van der Waals surface area (Å²) in [4.78, 5) is 11.8. The third-order valence-corrected chi connectivity index (χ3v) is 7.10. The number of rotatable bonds is 9. The van der Waals surface area contributed by atoms with E-state index in [0.29, 0.717) is 22.1 Å². The Labute approximate surface area is 233 Å². The van der Waals surface area contributed by atoms with Crippen molar-refractivity contribution in [3.63, 3.8) is 0 Å². The van der Waals surface area contributed by atoms with Gasteiger partial charge in [-0.3, -0.25) is 0 Å². The van der Waals surface area contributed by atoms with Gasteiger partial charge in [0.15, 0.2) is 6.61 Å². The highest BCUT2D eigenvalue weighted by atomic mass is 35.5. The predicted molar refractivity (Wildman–Crippen MR) is 150 cm³/mol. The number of carboxylic acid groups (broad SMARTS) is 1. The van der Waals surface area contributed by atoms with Gasteiger partial charge < -0.3 is 9.84 Å². The van der Waals surface area contributed by atoms with Crippen molar-refractivity contribution in [2.45, 2.75) is 18.0 Å². The van der Waals surface area contributed by atoms with Gasteiger partial charge >= 0.3 is 12.1 Å². The number of aryl methyl sites for hydroxylation is 1. The van der Waals surface area contributed by atoms with Crippen molar-refractivity contribution in [1.82, 2.24) is 0 Å². The molecular formula is C31H24ClF3O3S. The van der Waals surface area contributed by atoms with Crippen molar-refractivity contribution in [2.75, 3.05) is 12.4 Å². The van der Waals surface area contributed by atoms with Gasteiger partial charge in [-0.2, -0.15) is 13.2 Å². The molecule has 0 saturated carbocycles. The first kappa shape index (κ1) is 28.3. The minimum absolute atomic E-state index is 0.135. The Balaban J connectivity index is 1.59. The lowest BCUT2D eigenvalue weighted by atomic mass is 9.94. The van der Waals surface area contributed by atoms with Crippen LogP contribution in [-0.4, -0.2) is 23.4 Å². The number of hydrogen-bond donors (Lipinski definition) is 1. The lowest BCUT2D eigenvalue weighted by Crippen LogP contribution is -2.09. The van der Waals surface area contributed by atoms with Crippen LogP contribution in [0.2, 0.25) is 5.02 Å². The molecule has 0 unspecified atom stereocenters. The molecule has 200 valence electrons. The third-order valence-electron chi connectivity index (χ3n) is 5.93. The van der Waals surface area contributed by atoms with Crippen LogP contribution in [0.15, 0.2) is 102 Å². The van der Waals surface area contributed by atoms with Crippen LogP contribution in [0.4, 0.5) is 13.2 Å². The van der Waals surface area contributed by atoms with Gasteiger partial charge in [-0.15, -0.1) is 11.8 Å². The molecule has 0 aliphatic carbocycles. The molecule has 0 saturated heterocycles. The molecule has 0 fully saturated rings. The first-order valence-corrected chi connectivity index (χ1v) is 13.3. The Morgan fingerprint density at radius 3 is 2.21 bits per heavy atom. The maximum Gasteiger partial charge on any atom is 0.417 e. The molecule has 0 aliphatic rings. The second kappa shape index (κ2) is 12.5. The van der Waals surface area contributed by atoms with Crippen molar-refractivity contribution >= 4 is 34.9 Å². The Kier molecular flexibility index (Phi) is 9.04. The van der Waals surface area contributed by atoms with E-state index in [2.05, 4.69) is 6.08 Å². The molecule has 0 radical (unpaired) electrons. The van der Waals surface area contributed by atoms with Crippen molar-refractivity contribution in [2.24, 2.45) is 0 Å². The predicted octanol–water partition coefficient (Wildman–Crippen LogP) is 9.02. The van der Waals surface area contributed by atoms with E-state index in [1.165, 1.54) is 12.1 Å². The standard InChI is InChI=1S/C31H24ClF3O3S/c1-20-18-25(14-15-29(20)38-19-30(36)37)39-17-16-26(22-10-12-24(32)13-11-22)21-6-8-23(9-7-21)27-4-2-3-5-28(27)31(33,34)35/h2-16,18H,17,19H2,1H3,(H,36,37)/b26-16+. The summed E-state index contributed by atoms with van der Waals surface area (Å²) in [6, 6.07) is 25.6. The lowest BCUT2D eigenvalue weighted by molar-refractivity contribution is -0.139. The zero-order valence-corrected chi connectivity index (χ0v) is 22.4. The van der Waals surface area contributed by atoms with Gasteiger partial charge in [-0.25, -0.2) is 4.79 Å². The average molecular weight is 569 g/mol. The molecule has 4 aromatic carbocycles. The SMILES string of the molecule is Cc1cc(SC/C=C(/c2ccc(Cl)cc2)c2ccc(-c3ccccc3C(F)(F)F)cc2)ccc1OCC(=O)O. The molecule has 0 spiro atoms. The highest BCUT2D eigenvalue weighted by Gasteiger charge is 2.33. The summed E-state index contributed by atoms with van der Waals surface area (Å²) in [5.41, 5.74) is 3.49. The molecule has 8 heteroatoms. The zero-order chi connectivity index (χ0) is 28.0. The number of hydrogen-bond acceptors (Lipinski definition) is 3. The Morgan fingerprint density at radius 1 is 0.949 bits per heavy atom. The van der Waals surface area contributed by atoms with Crippen LogP contribution in [0.25, 0.3) is 16.7 Å². The number of ether oxygens (including phenoxy) is 1.